The van der Waals surface area contributed by atoms with E-state index < -0.39 is 0 Å². The van der Waals surface area contributed by atoms with Crippen LogP contribution in [-0.2, 0) is 19.4 Å². The topological polar surface area (TPSA) is 55.0 Å². The van der Waals surface area contributed by atoms with Crippen LogP contribution in [0.15, 0.2) is 0 Å². The standard InChI is InChI=1S/C14H24N4S/c1-4-11-12(8-15)14(17-16-13(11)5-2)18-6-7-19-9-10(18)3/h10H,4-9,15H2,1-3H3. The van der Waals surface area contributed by atoms with Crippen LogP contribution in [0.5, 0.6) is 0 Å². The number of aryl methyl sites for hydroxylation is 1. The van der Waals surface area contributed by atoms with E-state index in [1.165, 1.54) is 11.1 Å². The molecule has 0 spiro atoms. The summed E-state index contributed by atoms with van der Waals surface area (Å²) in [5.74, 6) is 3.33. The van der Waals surface area contributed by atoms with Gasteiger partial charge in [-0.2, -0.15) is 16.9 Å². The molecule has 1 fully saturated rings. The van der Waals surface area contributed by atoms with Crippen molar-refractivity contribution in [1.29, 1.82) is 0 Å². The van der Waals surface area contributed by atoms with Crippen molar-refractivity contribution >= 4 is 17.6 Å². The third kappa shape index (κ3) is 2.87. The Hall–Kier alpha value is -0.810. The summed E-state index contributed by atoms with van der Waals surface area (Å²) in [6.07, 6.45) is 1.91. The normalized spacial score (nSPS) is 19.8. The minimum atomic E-state index is 0.510. The molecule has 5 heteroatoms. The Kier molecular flexibility index (Phi) is 5.05. The number of nitrogens with two attached hydrogens (primary N) is 1. The summed E-state index contributed by atoms with van der Waals surface area (Å²) in [5.41, 5.74) is 9.61. The van der Waals surface area contributed by atoms with Gasteiger partial charge >= 0.3 is 0 Å². The summed E-state index contributed by atoms with van der Waals surface area (Å²) in [5, 5.41) is 8.92. The molecule has 2 N–H and O–H groups in total. The number of nitrogens with zero attached hydrogens (tertiary/aromatic N) is 3. The van der Waals surface area contributed by atoms with E-state index in [1.807, 2.05) is 11.8 Å². The maximum Gasteiger partial charge on any atom is 0.156 e. The number of rotatable bonds is 4. The predicted octanol–water partition coefficient (Wildman–Crippen LogP) is 2.00. The van der Waals surface area contributed by atoms with E-state index in [-0.39, 0.29) is 0 Å². The van der Waals surface area contributed by atoms with E-state index in [1.54, 1.807) is 0 Å². The van der Waals surface area contributed by atoms with Crippen molar-refractivity contribution in [3.05, 3.63) is 16.8 Å². The zero-order valence-electron chi connectivity index (χ0n) is 12.1. The minimum absolute atomic E-state index is 0.510. The van der Waals surface area contributed by atoms with Gasteiger partial charge in [0.2, 0.25) is 0 Å². The average molecular weight is 280 g/mol. The molecule has 0 bridgehead atoms. The Morgan fingerprint density at radius 3 is 2.63 bits per heavy atom. The molecule has 2 rings (SSSR count). The van der Waals surface area contributed by atoms with Crippen molar-refractivity contribution < 1.29 is 0 Å². The van der Waals surface area contributed by atoms with Crippen molar-refractivity contribution in [2.24, 2.45) is 5.73 Å². The number of thioether (sulfide) groups is 1. The molecule has 1 aromatic rings. The van der Waals surface area contributed by atoms with E-state index in [0.717, 1.165) is 42.4 Å². The highest BCUT2D eigenvalue weighted by molar-refractivity contribution is 7.99. The van der Waals surface area contributed by atoms with E-state index in [2.05, 4.69) is 35.9 Å². The minimum Gasteiger partial charge on any atom is -0.350 e. The second-order valence-electron chi connectivity index (χ2n) is 4.96. The zero-order chi connectivity index (χ0) is 13.8. The highest BCUT2D eigenvalue weighted by atomic mass is 32.2. The Balaban J connectivity index is 2.44. The molecule has 106 valence electrons. The summed E-state index contributed by atoms with van der Waals surface area (Å²) in [6, 6.07) is 0.510. The van der Waals surface area contributed by atoms with Gasteiger partial charge in [-0.05, 0) is 25.3 Å². The lowest BCUT2D eigenvalue weighted by molar-refractivity contribution is 0.670. The summed E-state index contributed by atoms with van der Waals surface area (Å²) in [4.78, 5) is 2.38. The van der Waals surface area contributed by atoms with Crippen molar-refractivity contribution in [3.63, 3.8) is 0 Å². The molecule has 1 aliphatic heterocycles. The largest absolute Gasteiger partial charge is 0.350 e. The van der Waals surface area contributed by atoms with Gasteiger partial charge in [0.05, 0.1) is 5.69 Å². The highest BCUT2D eigenvalue weighted by Crippen LogP contribution is 2.28. The molecule has 1 unspecified atom stereocenters. The average Bonchev–Trinajstić information content (AvgIpc) is 2.46. The van der Waals surface area contributed by atoms with Crippen molar-refractivity contribution in [2.75, 3.05) is 23.0 Å². The molecule has 0 amide bonds. The first-order valence-electron chi connectivity index (χ1n) is 7.14. The van der Waals surface area contributed by atoms with Gasteiger partial charge in [-0.1, -0.05) is 13.8 Å². The molecule has 0 aliphatic carbocycles. The number of anilines is 1. The SMILES string of the molecule is CCc1nnc(N2CCSCC2C)c(CN)c1CC. The Morgan fingerprint density at radius 1 is 1.26 bits per heavy atom. The van der Waals surface area contributed by atoms with Crippen LogP contribution in [0.25, 0.3) is 0 Å². The Labute approximate surface area is 120 Å². The van der Waals surface area contributed by atoms with Crippen LogP contribution in [0, 0.1) is 0 Å². The molecule has 1 saturated heterocycles. The number of hydrogen-bond acceptors (Lipinski definition) is 5. The fourth-order valence-electron chi connectivity index (χ4n) is 2.73. The van der Waals surface area contributed by atoms with Gasteiger partial charge in [-0.15, -0.1) is 5.10 Å². The molecular weight excluding hydrogens is 256 g/mol. The molecule has 1 aromatic heterocycles. The fourth-order valence-corrected chi connectivity index (χ4v) is 3.74. The van der Waals surface area contributed by atoms with Crippen molar-refractivity contribution in [2.45, 2.75) is 46.2 Å². The van der Waals surface area contributed by atoms with Crippen molar-refractivity contribution in [3.8, 4) is 0 Å². The molecular formula is C14H24N4S. The quantitative estimate of drug-likeness (QED) is 0.914. The van der Waals surface area contributed by atoms with Crippen LogP contribution in [0.2, 0.25) is 0 Å². The third-order valence-corrected chi connectivity index (χ3v) is 4.97. The first-order chi connectivity index (χ1) is 9.22. The number of aromatic nitrogens is 2. The van der Waals surface area contributed by atoms with Crippen LogP contribution < -0.4 is 10.6 Å². The molecule has 1 aliphatic rings. The smallest absolute Gasteiger partial charge is 0.156 e. The molecule has 0 radical (unpaired) electrons. The first-order valence-corrected chi connectivity index (χ1v) is 8.30. The molecule has 0 saturated carbocycles. The predicted molar refractivity (Wildman–Crippen MR) is 82.8 cm³/mol. The van der Waals surface area contributed by atoms with Crippen LogP contribution >= 0.6 is 11.8 Å². The van der Waals surface area contributed by atoms with Gasteiger partial charge in [0.15, 0.2) is 5.82 Å². The van der Waals surface area contributed by atoms with Crippen LogP contribution in [0.4, 0.5) is 5.82 Å². The van der Waals surface area contributed by atoms with Crippen LogP contribution in [0.3, 0.4) is 0 Å². The molecule has 0 aromatic carbocycles. The third-order valence-electron chi connectivity index (χ3n) is 3.78. The van der Waals surface area contributed by atoms with Gasteiger partial charge in [-0.25, -0.2) is 0 Å². The molecule has 4 nitrogen and oxygen atoms in total. The van der Waals surface area contributed by atoms with Crippen LogP contribution in [-0.4, -0.2) is 34.3 Å². The molecule has 19 heavy (non-hydrogen) atoms. The van der Waals surface area contributed by atoms with Crippen LogP contribution in [0.1, 0.15) is 37.6 Å². The van der Waals surface area contributed by atoms with Gasteiger partial charge in [0, 0.05) is 36.2 Å². The highest BCUT2D eigenvalue weighted by Gasteiger charge is 2.24. The van der Waals surface area contributed by atoms with E-state index in [9.17, 15) is 0 Å². The van der Waals surface area contributed by atoms with Gasteiger partial charge in [0.25, 0.3) is 0 Å². The Bertz CT molecular complexity index is 436. The second-order valence-corrected chi connectivity index (χ2v) is 6.11. The van der Waals surface area contributed by atoms with Gasteiger partial charge < -0.3 is 10.6 Å². The number of hydrogen-bond donors (Lipinski definition) is 1. The summed E-state index contributed by atoms with van der Waals surface area (Å²) in [7, 11) is 0. The first kappa shape index (κ1) is 14.6. The van der Waals surface area contributed by atoms with E-state index in [4.69, 9.17) is 5.73 Å². The summed E-state index contributed by atoms with van der Waals surface area (Å²) >= 11 is 2.01. The monoisotopic (exact) mass is 280 g/mol. The second kappa shape index (κ2) is 6.57. The summed E-state index contributed by atoms with van der Waals surface area (Å²) < 4.78 is 0. The van der Waals surface area contributed by atoms with Gasteiger partial charge in [0.1, 0.15) is 0 Å². The molecule has 2 heterocycles. The fraction of sp³-hybridized carbons (Fsp3) is 0.714. The lowest BCUT2D eigenvalue weighted by Gasteiger charge is -2.35. The lowest BCUT2D eigenvalue weighted by Crippen LogP contribution is -2.42. The van der Waals surface area contributed by atoms with E-state index >= 15 is 0 Å². The van der Waals surface area contributed by atoms with Crippen molar-refractivity contribution in [1.82, 2.24) is 10.2 Å². The lowest BCUT2D eigenvalue weighted by atomic mass is 10.0. The molecule has 1 atom stereocenters. The van der Waals surface area contributed by atoms with Gasteiger partial charge in [-0.3, -0.25) is 0 Å². The Morgan fingerprint density at radius 2 is 2.05 bits per heavy atom. The zero-order valence-corrected chi connectivity index (χ0v) is 13.0. The maximum atomic E-state index is 6.00. The maximum absolute atomic E-state index is 6.00. The summed E-state index contributed by atoms with van der Waals surface area (Å²) in [6.45, 7) is 8.16. The van der Waals surface area contributed by atoms with E-state index in [0.29, 0.717) is 12.6 Å².